The Bertz CT molecular complexity index is 301. The van der Waals surface area contributed by atoms with Crippen LogP contribution in [0.5, 0.6) is 0 Å². The summed E-state index contributed by atoms with van der Waals surface area (Å²) in [6.07, 6.45) is 7.35. The van der Waals surface area contributed by atoms with Gasteiger partial charge in [-0.05, 0) is 56.3 Å². The third-order valence-corrected chi connectivity index (χ3v) is 5.64. The molecule has 5 atom stereocenters. The fourth-order valence-electron chi connectivity index (χ4n) is 4.58. The SMILES string of the molecule is CCC(C(C)=O)C1CCC2(C)CCCC2C1N. The number of nitrogens with two attached hydrogens (primary N) is 1. The van der Waals surface area contributed by atoms with E-state index in [0.717, 1.165) is 12.8 Å². The smallest absolute Gasteiger partial charge is 0.133 e. The van der Waals surface area contributed by atoms with Crippen molar-refractivity contribution in [3.63, 3.8) is 0 Å². The molecule has 0 aliphatic heterocycles. The van der Waals surface area contributed by atoms with Crippen molar-refractivity contribution in [1.29, 1.82) is 0 Å². The summed E-state index contributed by atoms with van der Waals surface area (Å²) < 4.78 is 0. The highest BCUT2D eigenvalue weighted by Crippen LogP contribution is 2.54. The van der Waals surface area contributed by atoms with Gasteiger partial charge in [0.1, 0.15) is 5.78 Å². The minimum absolute atomic E-state index is 0.204. The summed E-state index contributed by atoms with van der Waals surface area (Å²) in [4.78, 5) is 11.7. The van der Waals surface area contributed by atoms with Crippen LogP contribution in [-0.2, 0) is 4.79 Å². The Morgan fingerprint density at radius 1 is 1.41 bits per heavy atom. The highest BCUT2D eigenvalue weighted by atomic mass is 16.1. The molecule has 0 radical (unpaired) electrons. The predicted octanol–water partition coefficient (Wildman–Crippen LogP) is 3.15. The van der Waals surface area contributed by atoms with Crippen LogP contribution in [-0.4, -0.2) is 11.8 Å². The molecule has 0 heterocycles. The normalized spacial score (nSPS) is 43.2. The van der Waals surface area contributed by atoms with E-state index >= 15 is 0 Å². The monoisotopic (exact) mass is 237 g/mol. The van der Waals surface area contributed by atoms with Crippen molar-refractivity contribution in [1.82, 2.24) is 0 Å². The third kappa shape index (κ3) is 2.16. The van der Waals surface area contributed by atoms with Crippen LogP contribution < -0.4 is 5.73 Å². The Morgan fingerprint density at radius 2 is 2.12 bits per heavy atom. The van der Waals surface area contributed by atoms with E-state index in [9.17, 15) is 4.79 Å². The molecule has 5 unspecified atom stereocenters. The number of hydrogen-bond donors (Lipinski definition) is 1. The zero-order valence-corrected chi connectivity index (χ0v) is 11.5. The summed E-state index contributed by atoms with van der Waals surface area (Å²) in [6.45, 7) is 6.28. The lowest BCUT2D eigenvalue weighted by Crippen LogP contribution is -2.50. The first-order valence-electron chi connectivity index (χ1n) is 7.25. The molecule has 0 saturated heterocycles. The van der Waals surface area contributed by atoms with Gasteiger partial charge in [0.25, 0.3) is 0 Å². The molecule has 2 fully saturated rings. The molecule has 0 amide bonds. The third-order valence-electron chi connectivity index (χ3n) is 5.64. The van der Waals surface area contributed by atoms with E-state index < -0.39 is 0 Å². The summed E-state index contributed by atoms with van der Waals surface area (Å²) in [7, 11) is 0. The first-order chi connectivity index (χ1) is 7.99. The van der Waals surface area contributed by atoms with E-state index in [-0.39, 0.29) is 12.0 Å². The standard InChI is InChI=1S/C15H27NO/c1-4-11(10(2)17)12-7-9-15(3)8-5-6-13(15)14(12)16/h11-14H,4-9,16H2,1-3H3. The Morgan fingerprint density at radius 3 is 2.71 bits per heavy atom. The zero-order chi connectivity index (χ0) is 12.6. The van der Waals surface area contributed by atoms with Gasteiger partial charge in [-0.2, -0.15) is 0 Å². The van der Waals surface area contributed by atoms with Gasteiger partial charge in [-0.3, -0.25) is 4.79 Å². The quantitative estimate of drug-likeness (QED) is 0.819. The fraction of sp³-hybridized carbons (Fsp3) is 0.933. The minimum Gasteiger partial charge on any atom is -0.327 e. The maximum absolute atomic E-state index is 11.7. The molecule has 2 nitrogen and oxygen atoms in total. The van der Waals surface area contributed by atoms with Crippen molar-refractivity contribution in [2.75, 3.05) is 0 Å². The summed E-state index contributed by atoms with van der Waals surface area (Å²) in [6, 6.07) is 0.255. The number of Topliss-reactive ketones (excluding diaryl/α,β-unsaturated/α-hetero) is 1. The van der Waals surface area contributed by atoms with Gasteiger partial charge in [-0.15, -0.1) is 0 Å². The van der Waals surface area contributed by atoms with Crippen LogP contribution in [0.15, 0.2) is 0 Å². The number of ketones is 1. The van der Waals surface area contributed by atoms with Crippen molar-refractivity contribution >= 4 is 5.78 Å². The molecular formula is C15H27NO. The number of fused-ring (bicyclic) bond motifs is 1. The van der Waals surface area contributed by atoms with Gasteiger partial charge in [-0.1, -0.05) is 20.3 Å². The van der Waals surface area contributed by atoms with Crippen LogP contribution in [0.3, 0.4) is 0 Å². The summed E-state index contributed by atoms with van der Waals surface area (Å²) in [5, 5.41) is 0. The van der Waals surface area contributed by atoms with Crippen LogP contribution in [0.2, 0.25) is 0 Å². The van der Waals surface area contributed by atoms with Gasteiger partial charge in [0, 0.05) is 12.0 Å². The Balaban J connectivity index is 2.15. The van der Waals surface area contributed by atoms with Gasteiger partial charge in [-0.25, -0.2) is 0 Å². The van der Waals surface area contributed by atoms with E-state index in [0.29, 0.717) is 23.0 Å². The van der Waals surface area contributed by atoms with E-state index in [1.165, 1.54) is 25.7 Å². The molecule has 0 aromatic rings. The molecule has 2 saturated carbocycles. The second-order valence-electron chi connectivity index (χ2n) is 6.56. The fourth-order valence-corrected chi connectivity index (χ4v) is 4.58. The van der Waals surface area contributed by atoms with Crippen LogP contribution in [0.25, 0.3) is 0 Å². The average Bonchev–Trinajstić information content (AvgIpc) is 2.65. The van der Waals surface area contributed by atoms with E-state index in [2.05, 4.69) is 13.8 Å². The minimum atomic E-state index is 0.204. The molecule has 0 aromatic heterocycles. The van der Waals surface area contributed by atoms with E-state index in [1.807, 2.05) is 0 Å². The number of rotatable bonds is 3. The molecule has 2 aliphatic rings. The number of carbonyl (C=O) groups is 1. The van der Waals surface area contributed by atoms with Crippen molar-refractivity contribution in [2.45, 2.75) is 65.3 Å². The van der Waals surface area contributed by atoms with Crippen molar-refractivity contribution < 1.29 is 4.79 Å². The molecule has 17 heavy (non-hydrogen) atoms. The first kappa shape index (κ1) is 13.1. The molecule has 98 valence electrons. The van der Waals surface area contributed by atoms with Crippen LogP contribution in [0, 0.1) is 23.2 Å². The zero-order valence-electron chi connectivity index (χ0n) is 11.5. The molecule has 2 heteroatoms. The Hall–Kier alpha value is -0.370. The lowest BCUT2D eigenvalue weighted by atomic mass is 9.60. The maximum Gasteiger partial charge on any atom is 0.133 e. The summed E-state index contributed by atoms with van der Waals surface area (Å²) in [5.41, 5.74) is 6.99. The largest absolute Gasteiger partial charge is 0.327 e. The van der Waals surface area contributed by atoms with Gasteiger partial charge >= 0.3 is 0 Å². The van der Waals surface area contributed by atoms with Crippen molar-refractivity contribution in [3.8, 4) is 0 Å². The molecular weight excluding hydrogens is 210 g/mol. The Kier molecular flexibility index (Phi) is 3.63. The number of hydrogen-bond acceptors (Lipinski definition) is 2. The molecule has 0 bridgehead atoms. The van der Waals surface area contributed by atoms with Crippen LogP contribution in [0.1, 0.15) is 59.3 Å². The highest BCUT2D eigenvalue weighted by molar-refractivity contribution is 5.78. The van der Waals surface area contributed by atoms with Crippen LogP contribution in [0.4, 0.5) is 0 Å². The topological polar surface area (TPSA) is 43.1 Å². The second-order valence-corrected chi connectivity index (χ2v) is 6.56. The number of carbonyl (C=O) groups excluding carboxylic acids is 1. The first-order valence-corrected chi connectivity index (χ1v) is 7.25. The molecule has 2 aliphatic carbocycles. The van der Waals surface area contributed by atoms with Crippen molar-refractivity contribution in [3.05, 3.63) is 0 Å². The van der Waals surface area contributed by atoms with E-state index in [4.69, 9.17) is 5.73 Å². The average molecular weight is 237 g/mol. The summed E-state index contributed by atoms with van der Waals surface area (Å²) in [5.74, 6) is 1.65. The second kappa shape index (κ2) is 4.72. The summed E-state index contributed by atoms with van der Waals surface area (Å²) >= 11 is 0. The molecule has 2 N–H and O–H groups in total. The molecule has 0 spiro atoms. The molecule has 0 aromatic carbocycles. The van der Waals surface area contributed by atoms with Crippen LogP contribution >= 0.6 is 0 Å². The molecule has 2 rings (SSSR count). The van der Waals surface area contributed by atoms with Gasteiger partial charge < -0.3 is 5.73 Å². The Labute approximate surface area is 105 Å². The van der Waals surface area contributed by atoms with E-state index in [1.54, 1.807) is 6.92 Å². The lowest BCUT2D eigenvalue weighted by Gasteiger charge is -2.46. The van der Waals surface area contributed by atoms with Gasteiger partial charge in [0.2, 0.25) is 0 Å². The van der Waals surface area contributed by atoms with Gasteiger partial charge in [0.05, 0.1) is 0 Å². The van der Waals surface area contributed by atoms with Crippen molar-refractivity contribution in [2.24, 2.45) is 28.9 Å². The highest BCUT2D eigenvalue weighted by Gasteiger charge is 2.49. The predicted molar refractivity (Wildman–Crippen MR) is 70.6 cm³/mol. The maximum atomic E-state index is 11.7. The lowest BCUT2D eigenvalue weighted by molar-refractivity contribution is -0.124. The van der Waals surface area contributed by atoms with Gasteiger partial charge in [0.15, 0.2) is 0 Å².